The van der Waals surface area contributed by atoms with Crippen molar-refractivity contribution in [2.75, 3.05) is 0 Å². The SMILES string of the molecule is OC(c1ccc2c(c1)COC2)c1cc(Br)ccc1I. The maximum absolute atomic E-state index is 10.6. The molecule has 0 saturated carbocycles. The second kappa shape index (κ2) is 5.52. The number of aliphatic hydroxyl groups is 1. The molecule has 0 aromatic heterocycles. The summed E-state index contributed by atoms with van der Waals surface area (Å²) in [7, 11) is 0. The Balaban J connectivity index is 1.99. The number of fused-ring (bicyclic) bond motifs is 1. The fourth-order valence-corrected chi connectivity index (χ4v) is 3.28. The minimum absolute atomic E-state index is 0.602. The monoisotopic (exact) mass is 430 g/mol. The van der Waals surface area contributed by atoms with Gasteiger partial charge in [0.05, 0.1) is 13.2 Å². The lowest BCUT2D eigenvalue weighted by Crippen LogP contribution is -2.03. The van der Waals surface area contributed by atoms with Crippen LogP contribution in [0.5, 0.6) is 0 Å². The Morgan fingerprint density at radius 2 is 1.89 bits per heavy atom. The zero-order valence-electron chi connectivity index (χ0n) is 10.1. The average molecular weight is 431 g/mol. The van der Waals surface area contributed by atoms with Crippen molar-refractivity contribution in [2.45, 2.75) is 19.3 Å². The predicted octanol–water partition coefficient (Wildman–Crippen LogP) is 4.17. The van der Waals surface area contributed by atoms with Crippen molar-refractivity contribution >= 4 is 38.5 Å². The Morgan fingerprint density at radius 1 is 1.11 bits per heavy atom. The van der Waals surface area contributed by atoms with Crippen molar-refractivity contribution in [1.29, 1.82) is 0 Å². The zero-order chi connectivity index (χ0) is 13.4. The number of hydrogen-bond acceptors (Lipinski definition) is 2. The first-order valence-electron chi connectivity index (χ1n) is 5.97. The first-order chi connectivity index (χ1) is 9.15. The van der Waals surface area contributed by atoms with Crippen LogP contribution >= 0.6 is 38.5 Å². The van der Waals surface area contributed by atoms with E-state index in [0.717, 1.165) is 19.2 Å². The Hall–Kier alpha value is -0.430. The van der Waals surface area contributed by atoms with Crippen LogP contribution in [0.3, 0.4) is 0 Å². The van der Waals surface area contributed by atoms with Gasteiger partial charge in [-0.15, -0.1) is 0 Å². The summed E-state index contributed by atoms with van der Waals surface area (Å²) >= 11 is 5.70. The molecule has 1 aliphatic rings. The van der Waals surface area contributed by atoms with Crippen LogP contribution in [0, 0.1) is 3.57 Å². The second-order valence-electron chi connectivity index (χ2n) is 4.59. The molecule has 0 spiro atoms. The van der Waals surface area contributed by atoms with Gasteiger partial charge in [0, 0.05) is 8.04 Å². The van der Waals surface area contributed by atoms with E-state index in [0.29, 0.717) is 13.2 Å². The summed E-state index contributed by atoms with van der Waals surface area (Å²) in [4.78, 5) is 0. The third-order valence-corrected chi connectivity index (χ3v) is 4.79. The smallest absolute Gasteiger partial charge is 0.105 e. The molecule has 2 aromatic carbocycles. The maximum Gasteiger partial charge on any atom is 0.105 e. The highest BCUT2D eigenvalue weighted by atomic mass is 127. The van der Waals surface area contributed by atoms with Crippen molar-refractivity contribution in [2.24, 2.45) is 0 Å². The summed E-state index contributed by atoms with van der Waals surface area (Å²) in [5.74, 6) is 0. The van der Waals surface area contributed by atoms with E-state index >= 15 is 0 Å². The number of ether oxygens (including phenoxy) is 1. The fraction of sp³-hybridized carbons (Fsp3) is 0.200. The third-order valence-electron chi connectivity index (χ3n) is 3.31. The molecule has 1 atom stereocenters. The maximum atomic E-state index is 10.6. The van der Waals surface area contributed by atoms with E-state index in [2.05, 4.69) is 38.5 Å². The largest absolute Gasteiger partial charge is 0.384 e. The lowest BCUT2D eigenvalue weighted by molar-refractivity contribution is 0.134. The molecule has 1 aliphatic heterocycles. The molecule has 1 N–H and O–H groups in total. The fourth-order valence-electron chi connectivity index (χ4n) is 2.27. The van der Waals surface area contributed by atoms with Gasteiger partial charge in [0.25, 0.3) is 0 Å². The van der Waals surface area contributed by atoms with Crippen molar-refractivity contribution in [3.8, 4) is 0 Å². The Morgan fingerprint density at radius 3 is 2.74 bits per heavy atom. The van der Waals surface area contributed by atoms with Gasteiger partial charge in [0.15, 0.2) is 0 Å². The Bertz CT molecular complexity index is 628. The summed E-state index contributed by atoms with van der Waals surface area (Å²) in [6.45, 7) is 1.32. The Labute approximate surface area is 134 Å². The molecule has 2 nitrogen and oxygen atoms in total. The average Bonchev–Trinajstić information content (AvgIpc) is 2.88. The summed E-state index contributed by atoms with van der Waals surface area (Å²) < 4.78 is 7.45. The van der Waals surface area contributed by atoms with Gasteiger partial charge < -0.3 is 9.84 Å². The van der Waals surface area contributed by atoms with Crippen molar-refractivity contribution < 1.29 is 9.84 Å². The van der Waals surface area contributed by atoms with Crippen LogP contribution in [0.1, 0.15) is 28.4 Å². The molecule has 0 saturated heterocycles. The third kappa shape index (κ3) is 2.72. The van der Waals surface area contributed by atoms with Gasteiger partial charge in [-0.1, -0.05) is 34.1 Å². The minimum Gasteiger partial charge on any atom is -0.384 e. The molecule has 19 heavy (non-hydrogen) atoms. The summed E-state index contributed by atoms with van der Waals surface area (Å²) in [6, 6.07) is 12.0. The molecule has 98 valence electrons. The highest BCUT2D eigenvalue weighted by Gasteiger charge is 2.17. The molecule has 0 amide bonds. The van der Waals surface area contributed by atoms with Crippen LogP contribution in [-0.4, -0.2) is 5.11 Å². The van der Waals surface area contributed by atoms with Crippen LogP contribution in [0.25, 0.3) is 0 Å². The number of benzene rings is 2. The number of aliphatic hydroxyl groups excluding tert-OH is 1. The predicted molar refractivity (Wildman–Crippen MR) is 85.9 cm³/mol. The highest BCUT2D eigenvalue weighted by Crippen LogP contribution is 2.31. The lowest BCUT2D eigenvalue weighted by atomic mass is 9.98. The van der Waals surface area contributed by atoms with Crippen LogP contribution in [0.2, 0.25) is 0 Å². The molecule has 0 fully saturated rings. The minimum atomic E-state index is -0.602. The van der Waals surface area contributed by atoms with Crippen molar-refractivity contribution in [3.63, 3.8) is 0 Å². The first kappa shape index (κ1) is 13.5. The van der Waals surface area contributed by atoms with E-state index in [9.17, 15) is 5.11 Å². The van der Waals surface area contributed by atoms with E-state index in [1.165, 1.54) is 11.1 Å². The molecule has 0 aliphatic carbocycles. The summed E-state index contributed by atoms with van der Waals surface area (Å²) in [6.07, 6.45) is -0.602. The molecule has 4 heteroatoms. The number of hydrogen-bond donors (Lipinski definition) is 1. The summed E-state index contributed by atoms with van der Waals surface area (Å²) in [5, 5.41) is 10.6. The van der Waals surface area contributed by atoms with Gasteiger partial charge in [-0.2, -0.15) is 0 Å². The van der Waals surface area contributed by atoms with Gasteiger partial charge in [0.1, 0.15) is 6.10 Å². The standard InChI is InChI=1S/C15H12BrIO2/c16-12-3-4-14(17)13(6-12)15(18)9-1-2-10-7-19-8-11(10)5-9/h1-6,15,18H,7-8H2. The molecule has 1 unspecified atom stereocenters. The van der Waals surface area contributed by atoms with Gasteiger partial charge >= 0.3 is 0 Å². The normalized spacial score (nSPS) is 15.3. The second-order valence-corrected chi connectivity index (χ2v) is 6.67. The van der Waals surface area contributed by atoms with E-state index < -0.39 is 6.10 Å². The Kier molecular flexibility index (Phi) is 3.93. The van der Waals surface area contributed by atoms with Crippen LogP contribution in [-0.2, 0) is 18.0 Å². The molecule has 1 heterocycles. The van der Waals surface area contributed by atoms with Crippen LogP contribution in [0.4, 0.5) is 0 Å². The number of rotatable bonds is 2. The van der Waals surface area contributed by atoms with Crippen molar-refractivity contribution in [3.05, 3.63) is 66.7 Å². The van der Waals surface area contributed by atoms with Crippen LogP contribution in [0.15, 0.2) is 40.9 Å². The van der Waals surface area contributed by atoms with Gasteiger partial charge in [-0.05, 0) is 63.0 Å². The zero-order valence-corrected chi connectivity index (χ0v) is 13.8. The van der Waals surface area contributed by atoms with Crippen molar-refractivity contribution in [1.82, 2.24) is 0 Å². The number of halogens is 2. The van der Waals surface area contributed by atoms with Gasteiger partial charge in [-0.3, -0.25) is 0 Å². The van der Waals surface area contributed by atoms with Gasteiger partial charge in [0.2, 0.25) is 0 Å². The van der Waals surface area contributed by atoms with E-state index in [1.54, 1.807) is 0 Å². The summed E-state index contributed by atoms with van der Waals surface area (Å²) in [5.41, 5.74) is 4.25. The molecule has 3 rings (SSSR count). The molecular weight excluding hydrogens is 419 g/mol. The topological polar surface area (TPSA) is 29.5 Å². The van der Waals surface area contributed by atoms with Gasteiger partial charge in [-0.25, -0.2) is 0 Å². The molecule has 2 aromatic rings. The first-order valence-corrected chi connectivity index (χ1v) is 7.85. The van der Waals surface area contributed by atoms with E-state index in [1.807, 2.05) is 36.4 Å². The highest BCUT2D eigenvalue weighted by molar-refractivity contribution is 14.1. The molecule has 0 bridgehead atoms. The molecular formula is C15H12BrIO2. The lowest BCUT2D eigenvalue weighted by Gasteiger charge is -2.15. The molecule has 0 radical (unpaired) electrons. The van der Waals surface area contributed by atoms with E-state index in [-0.39, 0.29) is 0 Å². The van der Waals surface area contributed by atoms with Crippen LogP contribution < -0.4 is 0 Å². The van der Waals surface area contributed by atoms with E-state index in [4.69, 9.17) is 4.74 Å². The quantitative estimate of drug-likeness (QED) is 0.724.